The Bertz CT molecular complexity index is 2980. The van der Waals surface area contributed by atoms with Gasteiger partial charge in [0, 0.05) is 47.3 Å². The molecular formula is C46H33N3O2S. The molecule has 3 aromatic heterocycles. The zero-order valence-corrected chi connectivity index (χ0v) is 29.2. The maximum atomic E-state index is 6.51. The van der Waals surface area contributed by atoms with Crippen molar-refractivity contribution >= 4 is 75.4 Å². The summed E-state index contributed by atoms with van der Waals surface area (Å²) in [7, 11) is 2.20. The normalized spacial score (nSPS) is 18.4. The van der Waals surface area contributed by atoms with E-state index in [9.17, 15) is 0 Å². The lowest BCUT2D eigenvalue weighted by molar-refractivity contribution is 0.0417. The molecule has 4 heterocycles. The Morgan fingerprint density at radius 2 is 1.15 bits per heavy atom. The molecule has 250 valence electrons. The highest BCUT2D eigenvalue weighted by Crippen LogP contribution is 2.43. The Morgan fingerprint density at radius 1 is 0.481 bits per heavy atom. The highest BCUT2D eigenvalue weighted by Gasteiger charge is 2.35. The summed E-state index contributed by atoms with van der Waals surface area (Å²) >= 11 is 1.86. The van der Waals surface area contributed by atoms with Crippen LogP contribution in [-0.2, 0) is 0 Å². The highest BCUT2D eigenvalue weighted by atomic mass is 32.1. The molecule has 52 heavy (non-hydrogen) atoms. The molecular weight excluding hydrogens is 659 g/mol. The zero-order chi connectivity index (χ0) is 34.3. The maximum absolute atomic E-state index is 6.51. The molecule has 0 aliphatic carbocycles. The van der Waals surface area contributed by atoms with Crippen LogP contribution in [0, 0.1) is 0 Å². The summed E-state index contributed by atoms with van der Waals surface area (Å²) in [5.41, 5.74) is 9.28. The van der Waals surface area contributed by atoms with Gasteiger partial charge in [0.2, 0.25) is 0 Å². The van der Waals surface area contributed by atoms with Gasteiger partial charge in [-0.15, -0.1) is 11.3 Å². The van der Waals surface area contributed by atoms with Crippen LogP contribution in [0.1, 0.15) is 35.2 Å². The third-order valence-corrected chi connectivity index (χ3v) is 12.0. The fourth-order valence-electron chi connectivity index (χ4n) is 8.36. The van der Waals surface area contributed by atoms with Crippen LogP contribution < -0.4 is 10.6 Å². The number of furan rings is 2. The Labute approximate surface area is 303 Å². The third kappa shape index (κ3) is 4.59. The quantitative estimate of drug-likeness (QED) is 0.192. The van der Waals surface area contributed by atoms with Crippen molar-refractivity contribution in [3.63, 3.8) is 0 Å². The number of hydrogen-bond donors (Lipinski definition) is 2. The molecule has 10 aromatic rings. The van der Waals surface area contributed by atoms with Crippen molar-refractivity contribution in [2.75, 3.05) is 7.05 Å². The number of rotatable bonds is 4. The number of hydrogen-bond acceptors (Lipinski definition) is 6. The average molecular weight is 692 g/mol. The van der Waals surface area contributed by atoms with E-state index < -0.39 is 0 Å². The van der Waals surface area contributed by atoms with Crippen molar-refractivity contribution in [2.24, 2.45) is 0 Å². The molecule has 3 atom stereocenters. The van der Waals surface area contributed by atoms with Crippen molar-refractivity contribution in [3.05, 3.63) is 168 Å². The molecule has 2 N–H and O–H groups in total. The SMILES string of the molecule is CN1C(c2ccccc2)NC(c2ccc3oc4cccc(-c5cccc6c5oc5ccccc56)c4c3c2)NC1c1ccc2c(c1)sc1ccccc12. The molecule has 11 rings (SSSR count). The fourth-order valence-corrected chi connectivity index (χ4v) is 9.51. The van der Waals surface area contributed by atoms with Gasteiger partial charge in [0.05, 0.1) is 18.5 Å². The van der Waals surface area contributed by atoms with E-state index in [1.54, 1.807) is 0 Å². The van der Waals surface area contributed by atoms with Crippen LogP contribution in [0.15, 0.2) is 160 Å². The molecule has 7 aromatic carbocycles. The van der Waals surface area contributed by atoms with Crippen molar-refractivity contribution < 1.29 is 8.83 Å². The van der Waals surface area contributed by atoms with Gasteiger partial charge in [-0.1, -0.05) is 115 Å². The zero-order valence-electron chi connectivity index (χ0n) is 28.3. The molecule has 1 saturated heterocycles. The average Bonchev–Trinajstić information content (AvgIpc) is 3.89. The number of nitrogens with one attached hydrogen (secondary N) is 2. The summed E-state index contributed by atoms with van der Waals surface area (Å²) in [5.74, 6) is 0. The van der Waals surface area contributed by atoms with Crippen molar-refractivity contribution in [1.82, 2.24) is 15.5 Å². The number of fused-ring (bicyclic) bond motifs is 9. The monoisotopic (exact) mass is 691 g/mol. The first-order chi connectivity index (χ1) is 25.7. The van der Waals surface area contributed by atoms with E-state index in [0.29, 0.717) is 0 Å². The number of para-hydroxylation sites is 2. The summed E-state index contributed by atoms with van der Waals surface area (Å²) in [6.45, 7) is 0. The van der Waals surface area contributed by atoms with Gasteiger partial charge in [-0.2, -0.15) is 0 Å². The van der Waals surface area contributed by atoms with Crippen molar-refractivity contribution in [2.45, 2.75) is 18.5 Å². The highest BCUT2D eigenvalue weighted by molar-refractivity contribution is 7.25. The minimum absolute atomic E-state index is 0.0198. The molecule has 0 saturated carbocycles. The van der Waals surface area contributed by atoms with Gasteiger partial charge in [-0.25, -0.2) is 0 Å². The van der Waals surface area contributed by atoms with Crippen LogP contribution in [0.2, 0.25) is 0 Å². The molecule has 1 aliphatic rings. The standard InChI is InChI=1S/C46H33N3O2S/c1-49-45(27-11-3-2-4-12-27)47-44(48-46(49)29-21-23-32-31-14-6-8-20-40(31)52-41(32)26-29)28-22-24-38-36(25-28)42-33(15-10-19-39(42)50-38)35-17-9-16-34-30-13-5-7-18-37(30)51-43(34)35/h2-26,44-48H,1H3. The molecule has 6 heteroatoms. The summed E-state index contributed by atoms with van der Waals surface area (Å²) in [6.07, 6.45) is -0.192. The number of thiophene rings is 1. The van der Waals surface area contributed by atoms with Gasteiger partial charge in [0.1, 0.15) is 22.3 Å². The first-order valence-corrected chi connectivity index (χ1v) is 18.6. The van der Waals surface area contributed by atoms with E-state index in [2.05, 4.69) is 162 Å². The minimum atomic E-state index is -0.134. The number of nitrogens with zero attached hydrogens (tertiary/aromatic N) is 1. The van der Waals surface area contributed by atoms with Crippen LogP contribution in [-0.4, -0.2) is 11.9 Å². The van der Waals surface area contributed by atoms with Crippen LogP contribution in [0.25, 0.3) is 75.2 Å². The van der Waals surface area contributed by atoms with Crippen LogP contribution in [0.3, 0.4) is 0 Å². The van der Waals surface area contributed by atoms with E-state index in [1.807, 2.05) is 23.5 Å². The summed E-state index contributed by atoms with van der Waals surface area (Å²) in [5, 5.41) is 15.0. The lowest BCUT2D eigenvalue weighted by Crippen LogP contribution is -2.54. The van der Waals surface area contributed by atoms with Gasteiger partial charge < -0.3 is 8.83 Å². The van der Waals surface area contributed by atoms with Crippen LogP contribution >= 0.6 is 11.3 Å². The van der Waals surface area contributed by atoms with E-state index in [1.165, 1.54) is 31.3 Å². The Hall–Kier alpha value is -5.76. The largest absolute Gasteiger partial charge is 0.456 e. The second kappa shape index (κ2) is 11.6. The van der Waals surface area contributed by atoms with Crippen molar-refractivity contribution in [3.8, 4) is 11.1 Å². The number of benzene rings is 7. The molecule has 0 amide bonds. The first kappa shape index (κ1) is 29.9. The van der Waals surface area contributed by atoms with E-state index in [0.717, 1.165) is 60.6 Å². The molecule has 1 fully saturated rings. The maximum Gasteiger partial charge on any atom is 0.143 e. The third-order valence-electron chi connectivity index (χ3n) is 10.8. The topological polar surface area (TPSA) is 53.6 Å². The van der Waals surface area contributed by atoms with E-state index >= 15 is 0 Å². The predicted molar refractivity (Wildman–Crippen MR) is 214 cm³/mol. The summed E-state index contributed by atoms with van der Waals surface area (Å²) < 4.78 is 15.6. The first-order valence-electron chi connectivity index (χ1n) is 17.7. The molecule has 1 aliphatic heterocycles. The van der Waals surface area contributed by atoms with E-state index in [4.69, 9.17) is 8.83 Å². The Kier molecular flexibility index (Phi) is 6.69. The van der Waals surface area contributed by atoms with Gasteiger partial charge in [-0.3, -0.25) is 15.5 Å². The fraction of sp³-hybridized carbons (Fsp3) is 0.0870. The molecule has 3 unspecified atom stereocenters. The molecule has 0 bridgehead atoms. The van der Waals surface area contributed by atoms with E-state index in [-0.39, 0.29) is 18.5 Å². The lowest BCUT2D eigenvalue weighted by atomic mass is 9.96. The minimum Gasteiger partial charge on any atom is -0.456 e. The Morgan fingerprint density at radius 3 is 2.06 bits per heavy atom. The van der Waals surface area contributed by atoms with Gasteiger partial charge in [0.15, 0.2) is 0 Å². The molecule has 5 nitrogen and oxygen atoms in total. The van der Waals surface area contributed by atoms with Gasteiger partial charge in [0.25, 0.3) is 0 Å². The lowest BCUT2D eigenvalue weighted by Gasteiger charge is -2.45. The second-order valence-electron chi connectivity index (χ2n) is 13.8. The van der Waals surface area contributed by atoms with Crippen molar-refractivity contribution in [1.29, 1.82) is 0 Å². The van der Waals surface area contributed by atoms with Gasteiger partial charge >= 0.3 is 0 Å². The second-order valence-corrected chi connectivity index (χ2v) is 14.9. The van der Waals surface area contributed by atoms with Crippen LogP contribution in [0.5, 0.6) is 0 Å². The smallest absolute Gasteiger partial charge is 0.143 e. The predicted octanol–water partition coefficient (Wildman–Crippen LogP) is 12.0. The summed E-state index contributed by atoms with van der Waals surface area (Å²) in [6, 6.07) is 54.0. The molecule has 0 radical (unpaired) electrons. The summed E-state index contributed by atoms with van der Waals surface area (Å²) in [4.78, 5) is 2.40. The Balaban J connectivity index is 1.05. The molecule has 0 spiro atoms. The van der Waals surface area contributed by atoms with Gasteiger partial charge in [-0.05, 0) is 65.7 Å². The van der Waals surface area contributed by atoms with Crippen LogP contribution in [0.4, 0.5) is 0 Å².